The highest BCUT2D eigenvalue weighted by Crippen LogP contribution is 2.38. The topological polar surface area (TPSA) is 98.7 Å². The van der Waals surface area contributed by atoms with Gasteiger partial charge in [0.25, 0.3) is 5.91 Å². The number of para-hydroxylation sites is 1. The maximum absolute atomic E-state index is 14.3. The smallest absolute Gasteiger partial charge is 0.251 e. The van der Waals surface area contributed by atoms with E-state index in [9.17, 15) is 19.4 Å². The maximum atomic E-state index is 14.3. The number of pyridine rings is 1. The van der Waals surface area contributed by atoms with E-state index >= 15 is 0 Å². The van der Waals surface area contributed by atoms with Crippen LogP contribution in [0.25, 0.3) is 21.8 Å². The molecular formula is C25H24FN3O4. The lowest BCUT2D eigenvalue weighted by atomic mass is 9.94. The number of nitrogens with zero attached hydrogens (tertiary/aromatic N) is 2. The number of amides is 1. The van der Waals surface area contributed by atoms with E-state index < -0.39 is 23.9 Å². The van der Waals surface area contributed by atoms with Crippen molar-refractivity contribution < 1.29 is 24.1 Å². The molecular weight excluding hydrogens is 425 g/mol. The zero-order valence-electron chi connectivity index (χ0n) is 18.3. The van der Waals surface area contributed by atoms with Gasteiger partial charge in [-0.25, -0.2) is 4.39 Å². The normalized spacial score (nSPS) is 16.8. The summed E-state index contributed by atoms with van der Waals surface area (Å²) in [4.78, 5) is 22.1. The molecule has 1 aliphatic heterocycles. The van der Waals surface area contributed by atoms with Gasteiger partial charge in [0.2, 0.25) is 0 Å². The standard InChI is InChI=1S/C25H24FN3O4/c1-13(30)25(32)29-11-19-23(20(31)12-29)22-15-5-3-4-6-17(15)28-24(22)18(27-19)10-14-7-8-21(33-2)16(26)9-14/h3-9,13,20,28,30-31H,10-12H2,1-2H3. The number of fused-ring (bicyclic) bond motifs is 5. The molecule has 8 heteroatoms. The van der Waals surface area contributed by atoms with Gasteiger partial charge in [-0.15, -0.1) is 0 Å². The number of H-pyrrole nitrogens is 1. The lowest BCUT2D eigenvalue weighted by Crippen LogP contribution is -2.43. The number of nitrogens with one attached hydrogen (secondary N) is 1. The van der Waals surface area contributed by atoms with Crippen LogP contribution in [0.2, 0.25) is 0 Å². The molecule has 0 fully saturated rings. The van der Waals surface area contributed by atoms with Crippen molar-refractivity contribution in [1.29, 1.82) is 0 Å². The number of hydrogen-bond donors (Lipinski definition) is 3. The predicted octanol–water partition coefficient (Wildman–Crippen LogP) is 3.21. The first-order valence-electron chi connectivity index (χ1n) is 10.8. The quantitative estimate of drug-likeness (QED) is 0.444. The third kappa shape index (κ3) is 3.61. The number of aliphatic hydroxyl groups excluding tert-OH is 2. The highest BCUT2D eigenvalue weighted by atomic mass is 19.1. The van der Waals surface area contributed by atoms with E-state index in [-0.39, 0.29) is 18.8 Å². The Morgan fingerprint density at radius 1 is 1.33 bits per heavy atom. The van der Waals surface area contributed by atoms with Crippen LogP contribution in [-0.2, 0) is 17.8 Å². The fourth-order valence-corrected chi connectivity index (χ4v) is 4.66. The number of hydrogen-bond acceptors (Lipinski definition) is 5. The molecule has 2 aromatic carbocycles. The summed E-state index contributed by atoms with van der Waals surface area (Å²) < 4.78 is 19.3. The lowest BCUT2D eigenvalue weighted by Gasteiger charge is -2.33. The predicted molar refractivity (Wildman–Crippen MR) is 121 cm³/mol. The Morgan fingerprint density at radius 2 is 2.12 bits per heavy atom. The molecule has 7 nitrogen and oxygen atoms in total. The van der Waals surface area contributed by atoms with Gasteiger partial charge in [-0.2, -0.15) is 0 Å². The SMILES string of the molecule is COc1ccc(Cc2nc3c(c4c2[nH]c2ccccc24)C(O)CN(C(=O)C(C)O)C3)cc1F. The van der Waals surface area contributed by atoms with Crippen LogP contribution < -0.4 is 4.74 Å². The highest BCUT2D eigenvalue weighted by Gasteiger charge is 2.33. The Kier molecular flexibility index (Phi) is 5.26. The molecule has 0 bridgehead atoms. The minimum absolute atomic E-state index is 0.0794. The van der Waals surface area contributed by atoms with Crippen molar-refractivity contribution in [1.82, 2.24) is 14.9 Å². The Hall–Kier alpha value is -3.49. The van der Waals surface area contributed by atoms with Gasteiger partial charge in [0, 0.05) is 28.3 Å². The number of carbonyl (C=O) groups excluding carboxylic acids is 1. The van der Waals surface area contributed by atoms with Crippen molar-refractivity contribution >= 4 is 27.7 Å². The fraction of sp³-hybridized carbons (Fsp3) is 0.280. The summed E-state index contributed by atoms with van der Waals surface area (Å²) in [5.74, 6) is -0.743. The summed E-state index contributed by atoms with van der Waals surface area (Å²) in [6.07, 6.45) is -1.77. The van der Waals surface area contributed by atoms with Gasteiger partial charge < -0.3 is 24.8 Å². The van der Waals surface area contributed by atoms with E-state index in [2.05, 4.69) is 4.98 Å². The lowest BCUT2D eigenvalue weighted by molar-refractivity contribution is -0.142. The number of aromatic amines is 1. The monoisotopic (exact) mass is 449 g/mol. The highest BCUT2D eigenvalue weighted by molar-refractivity contribution is 6.10. The van der Waals surface area contributed by atoms with Crippen molar-refractivity contribution in [3.05, 3.63) is 70.8 Å². The Bertz CT molecular complexity index is 1380. The van der Waals surface area contributed by atoms with Crippen LogP contribution >= 0.6 is 0 Å². The number of carbonyl (C=O) groups is 1. The first-order valence-corrected chi connectivity index (χ1v) is 10.8. The zero-order valence-corrected chi connectivity index (χ0v) is 18.3. The number of ether oxygens (including phenoxy) is 1. The van der Waals surface area contributed by atoms with Crippen molar-refractivity contribution in [2.24, 2.45) is 0 Å². The van der Waals surface area contributed by atoms with Crippen molar-refractivity contribution in [3.8, 4) is 5.75 Å². The Labute approximate surface area is 189 Å². The van der Waals surface area contributed by atoms with Gasteiger partial charge in [0.1, 0.15) is 6.10 Å². The second-order valence-electron chi connectivity index (χ2n) is 8.40. The number of halogens is 1. The van der Waals surface area contributed by atoms with Crippen molar-refractivity contribution in [2.75, 3.05) is 13.7 Å². The number of aromatic nitrogens is 2. The molecule has 2 unspecified atom stereocenters. The second-order valence-corrected chi connectivity index (χ2v) is 8.40. The fourth-order valence-electron chi connectivity index (χ4n) is 4.66. The summed E-state index contributed by atoms with van der Waals surface area (Å²) in [6.45, 7) is 1.66. The molecule has 5 rings (SSSR count). The third-order valence-electron chi connectivity index (χ3n) is 6.17. The first kappa shape index (κ1) is 21.4. The first-order chi connectivity index (χ1) is 15.9. The molecule has 1 aliphatic rings. The Morgan fingerprint density at radius 3 is 2.85 bits per heavy atom. The number of β-amino-alcohol motifs (C(OH)–C–C–N with tert-alkyl or cyclic N) is 1. The molecule has 3 N–H and O–H groups in total. The van der Waals surface area contributed by atoms with Crippen LogP contribution in [0.1, 0.15) is 35.5 Å². The molecule has 4 aromatic rings. The summed E-state index contributed by atoms with van der Waals surface area (Å²) in [7, 11) is 1.42. The molecule has 2 atom stereocenters. The van der Waals surface area contributed by atoms with E-state index in [4.69, 9.17) is 9.72 Å². The maximum Gasteiger partial charge on any atom is 0.251 e. The van der Waals surface area contributed by atoms with E-state index in [1.807, 2.05) is 24.3 Å². The molecule has 0 radical (unpaired) electrons. The van der Waals surface area contributed by atoms with Crippen molar-refractivity contribution in [3.63, 3.8) is 0 Å². The van der Waals surface area contributed by atoms with Crippen LogP contribution in [-0.4, -0.2) is 50.7 Å². The average molecular weight is 449 g/mol. The van der Waals surface area contributed by atoms with Gasteiger partial charge >= 0.3 is 0 Å². The van der Waals surface area contributed by atoms with Gasteiger partial charge in [0.15, 0.2) is 11.6 Å². The Balaban J connectivity index is 1.69. The van der Waals surface area contributed by atoms with Gasteiger partial charge in [-0.05, 0) is 30.7 Å². The van der Waals surface area contributed by atoms with E-state index in [1.54, 1.807) is 12.1 Å². The molecule has 170 valence electrons. The van der Waals surface area contributed by atoms with Crippen LogP contribution in [0.5, 0.6) is 5.75 Å². The average Bonchev–Trinajstić information content (AvgIpc) is 3.18. The van der Waals surface area contributed by atoms with Gasteiger partial charge in [-0.1, -0.05) is 24.3 Å². The number of aliphatic hydroxyl groups is 2. The molecule has 33 heavy (non-hydrogen) atoms. The molecule has 3 heterocycles. The number of methoxy groups -OCH3 is 1. The molecule has 0 aliphatic carbocycles. The summed E-state index contributed by atoms with van der Waals surface area (Å²) >= 11 is 0. The number of rotatable bonds is 4. The molecule has 0 saturated heterocycles. The summed E-state index contributed by atoms with van der Waals surface area (Å²) in [6, 6.07) is 12.6. The van der Waals surface area contributed by atoms with Crippen LogP contribution in [0.3, 0.4) is 0 Å². The van der Waals surface area contributed by atoms with Gasteiger partial charge in [0.05, 0.1) is 43.2 Å². The van der Waals surface area contributed by atoms with Gasteiger partial charge in [-0.3, -0.25) is 9.78 Å². The minimum atomic E-state index is -1.17. The number of benzene rings is 2. The molecule has 0 spiro atoms. The van der Waals surface area contributed by atoms with Crippen LogP contribution in [0.4, 0.5) is 4.39 Å². The van der Waals surface area contributed by atoms with E-state index in [0.717, 1.165) is 21.8 Å². The third-order valence-corrected chi connectivity index (χ3v) is 6.17. The molecule has 1 amide bonds. The zero-order chi connectivity index (χ0) is 23.3. The van der Waals surface area contributed by atoms with Crippen LogP contribution in [0.15, 0.2) is 42.5 Å². The van der Waals surface area contributed by atoms with Crippen molar-refractivity contribution in [2.45, 2.75) is 32.1 Å². The minimum Gasteiger partial charge on any atom is -0.494 e. The molecule has 0 saturated carbocycles. The van der Waals surface area contributed by atoms with E-state index in [1.165, 1.54) is 25.0 Å². The molecule has 2 aromatic heterocycles. The van der Waals surface area contributed by atoms with Crippen LogP contribution in [0, 0.1) is 5.82 Å². The summed E-state index contributed by atoms with van der Waals surface area (Å²) in [5.41, 5.74) is 4.34. The largest absolute Gasteiger partial charge is 0.494 e. The second kappa shape index (κ2) is 8.13. The summed E-state index contributed by atoms with van der Waals surface area (Å²) in [5, 5.41) is 22.6. The van der Waals surface area contributed by atoms with E-state index in [0.29, 0.717) is 28.9 Å².